The average molecular weight is 465 g/mol. The van der Waals surface area contributed by atoms with Crippen LogP contribution < -0.4 is 10.1 Å². The minimum atomic E-state index is -0.480. The predicted molar refractivity (Wildman–Crippen MR) is 129 cm³/mol. The van der Waals surface area contributed by atoms with Gasteiger partial charge in [-0.25, -0.2) is 9.48 Å². The van der Waals surface area contributed by atoms with Crippen molar-refractivity contribution in [2.75, 3.05) is 11.9 Å². The summed E-state index contributed by atoms with van der Waals surface area (Å²) in [5.74, 6) is 1.71. The molecule has 3 aromatic rings. The second-order valence-corrected chi connectivity index (χ2v) is 8.91. The topological polar surface area (TPSA) is 78.3 Å². The van der Waals surface area contributed by atoms with Gasteiger partial charge in [-0.05, 0) is 51.0 Å². The number of rotatable bonds is 8. The van der Waals surface area contributed by atoms with Crippen molar-refractivity contribution < 1.29 is 14.3 Å². The van der Waals surface area contributed by atoms with Crippen molar-refractivity contribution in [2.24, 2.45) is 0 Å². The molecule has 0 aliphatic carbocycles. The van der Waals surface area contributed by atoms with Crippen molar-refractivity contribution in [3.63, 3.8) is 0 Å². The van der Waals surface area contributed by atoms with Crippen molar-refractivity contribution >= 4 is 23.7 Å². The number of fused-ring (bicyclic) bond motifs is 1. The molecule has 0 spiro atoms. The Morgan fingerprint density at radius 2 is 1.97 bits per heavy atom. The van der Waals surface area contributed by atoms with E-state index < -0.39 is 6.04 Å². The monoisotopic (exact) mass is 464 g/mol. The Morgan fingerprint density at radius 1 is 1.18 bits per heavy atom. The molecule has 0 radical (unpaired) electrons. The summed E-state index contributed by atoms with van der Waals surface area (Å²) in [6.07, 6.45) is -0.234. The third-order valence-corrected chi connectivity index (χ3v) is 6.00. The highest BCUT2D eigenvalue weighted by atomic mass is 32.2. The number of nitrogens with one attached hydrogen (secondary N) is 1. The summed E-state index contributed by atoms with van der Waals surface area (Å²) in [5.41, 5.74) is 3.28. The molecular formula is C25H28N4O3S. The van der Waals surface area contributed by atoms with Crippen molar-refractivity contribution in [1.82, 2.24) is 14.8 Å². The van der Waals surface area contributed by atoms with Gasteiger partial charge >= 0.3 is 5.97 Å². The van der Waals surface area contributed by atoms with Crippen LogP contribution in [0.4, 0.5) is 5.95 Å². The van der Waals surface area contributed by atoms with Crippen LogP contribution in [0.2, 0.25) is 0 Å². The number of hydrogen-bond donors (Lipinski definition) is 1. The lowest BCUT2D eigenvalue weighted by Crippen LogP contribution is -2.30. The molecule has 33 heavy (non-hydrogen) atoms. The predicted octanol–water partition coefficient (Wildman–Crippen LogP) is 5.21. The molecular weight excluding hydrogens is 436 g/mol. The van der Waals surface area contributed by atoms with Crippen LogP contribution >= 0.6 is 11.8 Å². The van der Waals surface area contributed by atoms with Crippen LogP contribution in [0.5, 0.6) is 5.75 Å². The summed E-state index contributed by atoms with van der Waals surface area (Å²) in [5, 5.41) is 8.65. The van der Waals surface area contributed by atoms with Gasteiger partial charge in [0.05, 0.1) is 18.3 Å². The number of anilines is 1. The number of allylic oxidation sites excluding steroid dienone is 1. The van der Waals surface area contributed by atoms with Crippen LogP contribution in [0.1, 0.15) is 44.9 Å². The van der Waals surface area contributed by atoms with E-state index in [2.05, 4.69) is 17.4 Å². The summed E-state index contributed by atoms with van der Waals surface area (Å²) in [6.45, 7) is 8.05. The first-order valence-electron chi connectivity index (χ1n) is 11.0. The van der Waals surface area contributed by atoms with Gasteiger partial charge in [-0.1, -0.05) is 54.2 Å². The first-order chi connectivity index (χ1) is 16.0. The highest BCUT2D eigenvalue weighted by molar-refractivity contribution is 7.98. The van der Waals surface area contributed by atoms with E-state index in [1.807, 2.05) is 70.2 Å². The third-order valence-electron chi connectivity index (χ3n) is 5.09. The zero-order valence-corrected chi connectivity index (χ0v) is 20.1. The van der Waals surface area contributed by atoms with Crippen LogP contribution in [0.15, 0.2) is 71.0 Å². The van der Waals surface area contributed by atoms with Gasteiger partial charge in [-0.3, -0.25) is 0 Å². The maximum absolute atomic E-state index is 13.1. The summed E-state index contributed by atoms with van der Waals surface area (Å²) in [7, 11) is 0. The second-order valence-electron chi connectivity index (χ2n) is 7.96. The van der Waals surface area contributed by atoms with E-state index in [-0.39, 0.29) is 12.1 Å². The summed E-state index contributed by atoms with van der Waals surface area (Å²) in [4.78, 5) is 17.8. The standard InChI is InChI=1S/C25H28N4O3S/c1-5-31-20-13-9-12-19(14-20)22-21(23(30)32-16(2)3)17(4)26-24-27-25(28-29(22)24)33-15-18-10-7-6-8-11-18/h6-14,16,22H,5,15H2,1-4H3,(H,26,27,28). The van der Waals surface area contributed by atoms with E-state index >= 15 is 0 Å². The molecule has 1 aliphatic rings. The zero-order valence-electron chi connectivity index (χ0n) is 19.2. The lowest BCUT2D eigenvalue weighted by atomic mass is 9.95. The van der Waals surface area contributed by atoms with Gasteiger partial charge in [0.1, 0.15) is 11.8 Å². The fraction of sp³-hybridized carbons (Fsp3) is 0.320. The van der Waals surface area contributed by atoms with E-state index in [4.69, 9.17) is 19.6 Å². The highest BCUT2D eigenvalue weighted by Gasteiger charge is 2.35. The Morgan fingerprint density at radius 3 is 2.70 bits per heavy atom. The Balaban J connectivity index is 1.72. The van der Waals surface area contributed by atoms with Crippen LogP contribution in [0.25, 0.3) is 0 Å². The first kappa shape index (κ1) is 22.9. The SMILES string of the molecule is CCOc1cccc(C2C(C(=O)OC(C)C)=C(C)Nc3nc(SCc4ccccc4)nn32)c1. The molecule has 4 rings (SSSR count). The highest BCUT2D eigenvalue weighted by Crippen LogP contribution is 2.38. The minimum Gasteiger partial charge on any atom is -0.494 e. The fourth-order valence-corrected chi connectivity index (χ4v) is 4.49. The van der Waals surface area contributed by atoms with Gasteiger partial charge in [-0.15, -0.1) is 5.10 Å². The average Bonchev–Trinajstić information content (AvgIpc) is 3.19. The molecule has 0 bridgehead atoms. The third kappa shape index (κ3) is 5.22. The molecule has 1 unspecified atom stereocenters. The maximum Gasteiger partial charge on any atom is 0.338 e. The molecule has 1 N–H and O–H groups in total. The number of ether oxygens (including phenoxy) is 2. The maximum atomic E-state index is 13.1. The number of hydrogen-bond acceptors (Lipinski definition) is 7. The molecule has 172 valence electrons. The Labute approximate surface area is 198 Å². The number of esters is 1. The van der Waals surface area contributed by atoms with Crippen LogP contribution in [-0.2, 0) is 15.3 Å². The number of carbonyl (C=O) groups excluding carboxylic acids is 1. The van der Waals surface area contributed by atoms with Crippen molar-refractivity contribution in [3.8, 4) is 5.75 Å². The van der Waals surface area contributed by atoms with Crippen molar-refractivity contribution in [1.29, 1.82) is 0 Å². The van der Waals surface area contributed by atoms with Gasteiger partial charge in [-0.2, -0.15) is 4.98 Å². The molecule has 0 fully saturated rings. The minimum absolute atomic E-state index is 0.234. The first-order valence-corrected chi connectivity index (χ1v) is 12.0. The van der Waals surface area contributed by atoms with Crippen LogP contribution in [-0.4, -0.2) is 33.4 Å². The van der Waals surface area contributed by atoms with Crippen LogP contribution in [0.3, 0.4) is 0 Å². The lowest BCUT2D eigenvalue weighted by Gasteiger charge is -2.28. The smallest absolute Gasteiger partial charge is 0.338 e. The quantitative estimate of drug-likeness (QED) is 0.362. The Bertz CT molecular complexity index is 1160. The van der Waals surface area contributed by atoms with E-state index in [1.165, 1.54) is 5.56 Å². The van der Waals surface area contributed by atoms with E-state index in [0.29, 0.717) is 29.0 Å². The Hall–Kier alpha value is -3.26. The normalized spacial score (nSPS) is 15.2. The molecule has 0 amide bonds. The van der Waals surface area contributed by atoms with Gasteiger partial charge in [0.25, 0.3) is 0 Å². The number of benzene rings is 2. The molecule has 0 saturated carbocycles. The van der Waals surface area contributed by atoms with E-state index in [0.717, 1.165) is 17.1 Å². The fourth-order valence-electron chi connectivity index (χ4n) is 3.71. The van der Waals surface area contributed by atoms with Gasteiger partial charge in [0, 0.05) is 11.4 Å². The lowest BCUT2D eigenvalue weighted by molar-refractivity contribution is -0.143. The molecule has 1 aromatic heterocycles. The van der Waals surface area contributed by atoms with E-state index in [9.17, 15) is 4.79 Å². The van der Waals surface area contributed by atoms with Gasteiger partial charge < -0.3 is 14.8 Å². The summed E-state index contributed by atoms with van der Waals surface area (Å²) < 4.78 is 13.1. The number of thioether (sulfide) groups is 1. The van der Waals surface area contributed by atoms with Crippen molar-refractivity contribution in [2.45, 2.75) is 50.8 Å². The zero-order chi connectivity index (χ0) is 23.4. The Kier molecular flexibility index (Phi) is 7.03. The molecule has 8 heteroatoms. The number of nitrogens with zero attached hydrogens (tertiary/aromatic N) is 3. The molecule has 7 nitrogen and oxygen atoms in total. The van der Waals surface area contributed by atoms with Crippen LogP contribution in [0, 0.1) is 0 Å². The molecule has 1 aliphatic heterocycles. The van der Waals surface area contributed by atoms with Gasteiger partial charge in [0.2, 0.25) is 11.1 Å². The van der Waals surface area contributed by atoms with Crippen molar-refractivity contribution in [3.05, 3.63) is 77.0 Å². The van der Waals surface area contributed by atoms with Gasteiger partial charge in [0.15, 0.2) is 0 Å². The molecule has 1 atom stereocenters. The van der Waals surface area contributed by atoms with E-state index in [1.54, 1.807) is 16.4 Å². The number of aromatic nitrogens is 3. The summed E-state index contributed by atoms with van der Waals surface area (Å²) in [6, 6.07) is 17.4. The molecule has 2 aromatic carbocycles. The molecule has 2 heterocycles. The number of carbonyl (C=O) groups is 1. The largest absolute Gasteiger partial charge is 0.494 e. The molecule has 0 saturated heterocycles. The summed E-state index contributed by atoms with van der Waals surface area (Å²) >= 11 is 1.55. The second kappa shape index (κ2) is 10.1.